The number of hydrogen-bond acceptors (Lipinski definition) is 2. The molecule has 2 nitrogen and oxygen atoms in total. The molecular formula is C11H24N2. The highest BCUT2D eigenvalue weighted by Crippen LogP contribution is 2.28. The van der Waals surface area contributed by atoms with Crippen molar-refractivity contribution in [2.75, 3.05) is 19.6 Å². The van der Waals surface area contributed by atoms with Gasteiger partial charge in [-0.05, 0) is 38.8 Å². The first-order chi connectivity index (χ1) is 6.29. The zero-order chi connectivity index (χ0) is 9.73. The van der Waals surface area contributed by atoms with E-state index in [-0.39, 0.29) is 0 Å². The predicted octanol–water partition coefficient (Wildman–Crippen LogP) is 1.99. The normalized spacial score (nSPS) is 23.3. The van der Waals surface area contributed by atoms with Gasteiger partial charge < -0.3 is 5.73 Å². The largest absolute Gasteiger partial charge is 0.329 e. The van der Waals surface area contributed by atoms with Gasteiger partial charge in [0.25, 0.3) is 0 Å². The van der Waals surface area contributed by atoms with E-state index in [0.29, 0.717) is 5.54 Å². The molecule has 1 aliphatic rings. The fraction of sp³-hybridized carbons (Fsp3) is 1.00. The molecule has 2 N–H and O–H groups in total. The van der Waals surface area contributed by atoms with Crippen LogP contribution in [0.2, 0.25) is 0 Å². The molecule has 1 rings (SSSR count). The molecule has 1 fully saturated rings. The summed E-state index contributed by atoms with van der Waals surface area (Å²) in [5.41, 5.74) is 6.27. The first kappa shape index (κ1) is 11.0. The van der Waals surface area contributed by atoms with E-state index < -0.39 is 0 Å². The third kappa shape index (κ3) is 2.23. The number of likely N-dealkylation sites (tertiary alicyclic amines) is 1. The Hall–Kier alpha value is -0.0800. The van der Waals surface area contributed by atoms with Crippen LogP contribution in [0.5, 0.6) is 0 Å². The van der Waals surface area contributed by atoms with Gasteiger partial charge in [-0.15, -0.1) is 0 Å². The number of hydrogen-bond donors (Lipinski definition) is 1. The topological polar surface area (TPSA) is 29.3 Å². The fourth-order valence-electron chi connectivity index (χ4n) is 2.59. The second-order valence-electron chi connectivity index (χ2n) is 4.23. The van der Waals surface area contributed by atoms with Crippen molar-refractivity contribution < 1.29 is 0 Å². The maximum absolute atomic E-state index is 5.94. The summed E-state index contributed by atoms with van der Waals surface area (Å²) >= 11 is 0. The molecule has 0 amide bonds. The van der Waals surface area contributed by atoms with Crippen molar-refractivity contribution in [3.63, 3.8) is 0 Å². The van der Waals surface area contributed by atoms with Crippen LogP contribution in [0.3, 0.4) is 0 Å². The van der Waals surface area contributed by atoms with Crippen molar-refractivity contribution in [2.45, 2.75) is 51.5 Å². The molecule has 1 saturated heterocycles. The number of nitrogens with zero attached hydrogens (tertiary/aromatic N) is 1. The first-order valence-corrected chi connectivity index (χ1v) is 5.74. The summed E-state index contributed by atoms with van der Waals surface area (Å²) in [6.07, 6.45) is 6.45. The fourth-order valence-corrected chi connectivity index (χ4v) is 2.59. The molecule has 1 aliphatic heterocycles. The van der Waals surface area contributed by atoms with E-state index in [1.165, 1.54) is 45.2 Å². The van der Waals surface area contributed by atoms with Gasteiger partial charge in [-0.2, -0.15) is 0 Å². The van der Waals surface area contributed by atoms with Gasteiger partial charge in [0.05, 0.1) is 0 Å². The second-order valence-corrected chi connectivity index (χ2v) is 4.23. The third-order valence-electron chi connectivity index (χ3n) is 3.53. The monoisotopic (exact) mass is 184 g/mol. The van der Waals surface area contributed by atoms with Crippen LogP contribution in [0.25, 0.3) is 0 Å². The Balaban J connectivity index is 2.62. The molecule has 1 heterocycles. The third-order valence-corrected chi connectivity index (χ3v) is 3.53. The quantitative estimate of drug-likeness (QED) is 0.708. The zero-order valence-corrected chi connectivity index (χ0v) is 9.18. The van der Waals surface area contributed by atoms with Gasteiger partial charge in [0.2, 0.25) is 0 Å². The van der Waals surface area contributed by atoms with Crippen LogP contribution in [0.1, 0.15) is 46.0 Å². The van der Waals surface area contributed by atoms with E-state index in [1.807, 2.05) is 0 Å². The van der Waals surface area contributed by atoms with Gasteiger partial charge in [-0.25, -0.2) is 0 Å². The van der Waals surface area contributed by atoms with E-state index in [2.05, 4.69) is 18.7 Å². The zero-order valence-electron chi connectivity index (χ0n) is 9.18. The van der Waals surface area contributed by atoms with Crippen molar-refractivity contribution in [3.8, 4) is 0 Å². The highest BCUT2D eigenvalue weighted by atomic mass is 15.2. The van der Waals surface area contributed by atoms with Gasteiger partial charge in [0.15, 0.2) is 0 Å². The van der Waals surface area contributed by atoms with E-state index in [0.717, 1.165) is 6.54 Å². The molecule has 0 radical (unpaired) electrons. The summed E-state index contributed by atoms with van der Waals surface area (Å²) in [6, 6.07) is 0. The summed E-state index contributed by atoms with van der Waals surface area (Å²) in [5, 5.41) is 0. The smallest absolute Gasteiger partial charge is 0.0329 e. The molecular weight excluding hydrogens is 160 g/mol. The van der Waals surface area contributed by atoms with Crippen molar-refractivity contribution in [1.29, 1.82) is 0 Å². The molecule has 0 aromatic rings. The van der Waals surface area contributed by atoms with Crippen LogP contribution in [0, 0.1) is 0 Å². The maximum Gasteiger partial charge on any atom is 0.0329 e. The van der Waals surface area contributed by atoms with Crippen LogP contribution in [-0.2, 0) is 0 Å². The van der Waals surface area contributed by atoms with Crippen molar-refractivity contribution >= 4 is 0 Å². The predicted molar refractivity (Wildman–Crippen MR) is 57.8 cm³/mol. The standard InChI is InChI=1S/C11H24N2/c1-3-7-11(4-2,10-12)13-8-5-6-9-13/h3-10,12H2,1-2H3. The molecule has 0 bridgehead atoms. The van der Waals surface area contributed by atoms with E-state index in [4.69, 9.17) is 5.73 Å². The van der Waals surface area contributed by atoms with Gasteiger partial charge in [-0.3, -0.25) is 4.90 Å². The molecule has 78 valence electrons. The summed E-state index contributed by atoms with van der Waals surface area (Å²) in [6.45, 7) is 7.91. The highest BCUT2D eigenvalue weighted by molar-refractivity contribution is 4.92. The Morgan fingerprint density at radius 1 is 1.23 bits per heavy atom. The minimum absolute atomic E-state index is 0.325. The minimum atomic E-state index is 0.325. The SMILES string of the molecule is CCCC(CC)(CN)N1CCCC1. The van der Waals surface area contributed by atoms with Gasteiger partial charge in [-0.1, -0.05) is 20.3 Å². The molecule has 13 heavy (non-hydrogen) atoms. The lowest BCUT2D eigenvalue weighted by Crippen LogP contribution is -2.52. The van der Waals surface area contributed by atoms with Crippen LogP contribution < -0.4 is 5.73 Å². The van der Waals surface area contributed by atoms with Crippen LogP contribution in [0.4, 0.5) is 0 Å². The molecule has 0 aliphatic carbocycles. The molecule has 2 heteroatoms. The van der Waals surface area contributed by atoms with E-state index >= 15 is 0 Å². The van der Waals surface area contributed by atoms with E-state index in [9.17, 15) is 0 Å². The van der Waals surface area contributed by atoms with Crippen LogP contribution in [-0.4, -0.2) is 30.1 Å². The second kappa shape index (κ2) is 4.97. The molecule has 1 atom stereocenters. The summed E-state index contributed by atoms with van der Waals surface area (Å²) in [7, 11) is 0. The molecule has 0 aromatic carbocycles. The van der Waals surface area contributed by atoms with Crippen molar-refractivity contribution in [3.05, 3.63) is 0 Å². The number of rotatable bonds is 5. The molecule has 0 saturated carbocycles. The number of nitrogens with two attached hydrogens (primary N) is 1. The summed E-state index contributed by atoms with van der Waals surface area (Å²) in [5.74, 6) is 0. The molecule has 0 spiro atoms. The molecule has 0 aromatic heterocycles. The lowest BCUT2D eigenvalue weighted by molar-refractivity contribution is 0.107. The summed E-state index contributed by atoms with van der Waals surface area (Å²) < 4.78 is 0. The lowest BCUT2D eigenvalue weighted by atomic mass is 9.89. The van der Waals surface area contributed by atoms with Gasteiger partial charge in [0.1, 0.15) is 0 Å². The Labute approximate surface area is 82.5 Å². The summed E-state index contributed by atoms with van der Waals surface area (Å²) in [4.78, 5) is 2.62. The highest BCUT2D eigenvalue weighted by Gasteiger charge is 2.34. The lowest BCUT2D eigenvalue weighted by Gasteiger charge is -2.40. The Bertz CT molecular complexity index is 135. The van der Waals surface area contributed by atoms with Gasteiger partial charge >= 0.3 is 0 Å². The first-order valence-electron chi connectivity index (χ1n) is 5.74. The van der Waals surface area contributed by atoms with E-state index in [1.54, 1.807) is 0 Å². The maximum atomic E-state index is 5.94. The average molecular weight is 184 g/mol. The van der Waals surface area contributed by atoms with Gasteiger partial charge in [0, 0.05) is 12.1 Å². The Morgan fingerprint density at radius 2 is 1.85 bits per heavy atom. The van der Waals surface area contributed by atoms with Crippen LogP contribution >= 0.6 is 0 Å². The minimum Gasteiger partial charge on any atom is -0.329 e. The van der Waals surface area contributed by atoms with Crippen molar-refractivity contribution in [2.24, 2.45) is 5.73 Å². The van der Waals surface area contributed by atoms with Crippen LogP contribution in [0.15, 0.2) is 0 Å². The Morgan fingerprint density at radius 3 is 2.23 bits per heavy atom. The van der Waals surface area contributed by atoms with Crippen molar-refractivity contribution in [1.82, 2.24) is 4.90 Å². The molecule has 1 unspecified atom stereocenters. The average Bonchev–Trinajstić information content (AvgIpc) is 2.68. The Kier molecular flexibility index (Phi) is 4.20.